The van der Waals surface area contributed by atoms with Crippen molar-refractivity contribution < 1.29 is 0 Å². The van der Waals surface area contributed by atoms with E-state index in [-0.39, 0.29) is 0 Å². The van der Waals surface area contributed by atoms with Crippen LogP contribution < -0.4 is 5.73 Å². The minimum absolute atomic E-state index is 0.515. The van der Waals surface area contributed by atoms with Crippen molar-refractivity contribution in [2.45, 2.75) is 13.0 Å². The van der Waals surface area contributed by atoms with Crippen LogP contribution in [-0.2, 0) is 13.0 Å². The van der Waals surface area contributed by atoms with Gasteiger partial charge in [-0.3, -0.25) is 4.40 Å². The van der Waals surface area contributed by atoms with Crippen molar-refractivity contribution in [2.75, 3.05) is 0 Å². The summed E-state index contributed by atoms with van der Waals surface area (Å²) in [5.41, 5.74) is 9.22. The summed E-state index contributed by atoms with van der Waals surface area (Å²) in [5, 5.41) is 0. The van der Waals surface area contributed by atoms with E-state index in [0.29, 0.717) is 6.54 Å². The summed E-state index contributed by atoms with van der Waals surface area (Å²) in [6.07, 6.45) is 2.70. The summed E-state index contributed by atoms with van der Waals surface area (Å²) in [6.45, 7) is 0.515. The lowest BCUT2D eigenvalue weighted by Gasteiger charge is -2.07. The molecule has 0 atom stereocenters. The van der Waals surface area contributed by atoms with Crippen molar-refractivity contribution in [3.8, 4) is 0 Å². The van der Waals surface area contributed by atoms with Crippen molar-refractivity contribution >= 4 is 21.4 Å². The number of imidazole rings is 1. The number of fused-ring (bicyclic) bond motifs is 1. The first kappa shape index (κ1) is 12.4. The molecule has 4 heteroatoms. The van der Waals surface area contributed by atoms with E-state index in [9.17, 15) is 0 Å². The summed E-state index contributed by atoms with van der Waals surface area (Å²) < 4.78 is 3.23. The van der Waals surface area contributed by atoms with Crippen molar-refractivity contribution in [1.29, 1.82) is 0 Å². The molecule has 0 amide bonds. The Balaban J connectivity index is 2.03. The van der Waals surface area contributed by atoms with Crippen LogP contribution in [0.2, 0.25) is 0 Å². The fourth-order valence-electron chi connectivity index (χ4n) is 2.26. The summed E-state index contributed by atoms with van der Waals surface area (Å²) in [7, 11) is 0. The number of rotatable bonds is 3. The van der Waals surface area contributed by atoms with Gasteiger partial charge in [-0.15, -0.1) is 0 Å². The average molecular weight is 316 g/mol. The quantitative estimate of drug-likeness (QED) is 0.807. The fraction of sp³-hybridized carbons (Fsp3) is 0.133. The zero-order chi connectivity index (χ0) is 13.2. The Morgan fingerprint density at radius 1 is 1.11 bits per heavy atom. The highest BCUT2D eigenvalue weighted by Gasteiger charge is 2.07. The van der Waals surface area contributed by atoms with Gasteiger partial charge in [-0.05, 0) is 29.8 Å². The van der Waals surface area contributed by atoms with Gasteiger partial charge in [0.25, 0.3) is 0 Å². The van der Waals surface area contributed by atoms with Gasteiger partial charge in [-0.25, -0.2) is 4.98 Å². The molecule has 96 valence electrons. The molecule has 2 N–H and O–H groups in total. The summed E-state index contributed by atoms with van der Waals surface area (Å²) >= 11 is 3.45. The number of aromatic nitrogens is 2. The van der Waals surface area contributed by atoms with Gasteiger partial charge in [0, 0.05) is 23.1 Å². The monoisotopic (exact) mass is 315 g/mol. The zero-order valence-electron chi connectivity index (χ0n) is 10.4. The molecular formula is C15H14BrN3. The van der Waals surface area contributed by atoms with Crippen molar-refractivity contribution in [2.24, 2.45) is 5.73 Å². The lowest BCUT2D eigenvalue weighted by molar-refractivity contribution is 0.877. The molecule has 1 aromatic carbocycles. The van der Waals surface area contributed by atoms with Crippen LogP contribution in [0.4, 0.5) is 0 Å². The Bertz CT molecular complexity index is 701. The fourth-order valence-corrected chi connectivity index (χ4v) is 2.52. The number of nitrogens with zero attached hydrogens (tertiary/aromatic N) is 2. The molecule has 0 unspecified atom stereocenters. The molecule has 3 rings (SSSR count). The molecule has 0 bridgehead atoms. The van der Waals surface area contributed by atoms with Crippen LogP contribution in [0.1, 0.15) is 17.1 Å². The highest BCUT2D eigenvalue weighted by molar-refractivity contribution is 9.10. The lowest BCUT2D eigenvalue weighted by atomic mass is 10.1. The minimum atomic E-state index is 0.515. The maximum Gasteiger partial charge on any atom is 0.117 e. The summed E-state index contributed by atoms with van der Waals surface area (Å²) in [4.78, 5) is 4.52. The molecule has 3 aromatic rings. The zero-order valence-corrected chi connectivity index (χ0v) is 12.0. The number of benzene rings is 1. The van der Waals surface area contributed by atoms with E-state index in [1.165, 1.54) is 5.56 Å². The van der Waals surface area contributed by atoms with Crippen LogP contribution in [0.5, 0.6) is 0 Å². The van der Waals surface area contributed by atoms with Gasteiger partial charge < -0.3 is 5.73 Å². The summed E-state index contributed by atoms with van der Waals surface area (Å²) in [6, 6.07) is 14.4. The number of nitrogens with two attached hydrogens (primary N) is 1. The predicted molar refractivity (Wildman–Crippen MR) is 80.0 cm³/mol. The first-order valence-corrected chi connectivity index (χ1v) is 6.96. The second-order valence-corrected chi connectivity index (χ2v) is 5.37. The molecular weight excluding hydrogens is 302 g/mol. The van der Waals surface area contributed by atoms with Gasteiger partial charge in [-0.1, -0.05) is 34.1 Å². The minimum Gasteiger partial charge on any atom is -0.325 e. The standard InChI is InChI=1S/C15H14BrN3/c16-12-6-4-11(5-7-12)8-15-18-10-14-3-1-2-13(9-17)19(14)15/h1-7,10H,8-9,17H2. The molecule has 3 nitrogen and oxygen atoms in total. The van der Waals surface area contributed by atoms with Crippen LogP contribution in [0, 0.1) is 0 Å². The second-order valence-electron chi connectivity index (χ2n) is 4.46. The van der Waals surface area contributed by atoms with Crippen molar-refractivity contribution in [1.82, 2.24) is 9.38 Å². The van der Waals surface area contributed by atoms with Gasteiger partial charge in [0.05, 0.1) is 11.7 Å². The first-order chi connectivity index (χ1) is 9.28. The molecule has 0 saturated heterocycles. The van der Waals surface area contributed by atoms with E-state index in [4.69, 9.17) is 5.73 Å². The van der Waals surface area contributed by atoms with E-state index < -0.39 is 0 Å². The Morgan fingerprint density at radius 3 is 2.63 bits per heavy atom. The van der Waals surface area contributed by atoms with Crippen LogP contribution in [0.25, 0.3) is 5.52 Å². The van der Waals surface area contributed by atoms with Crippen molar-refractivity contribution in [3.63, 3.8) is 0 Å². The smallest absolute Gasteiger partial charge is 0.117 e. The molecule has 19 heavy (non-hydrogen) atoms. The summed E-state index contributed by atoms with van der Waals surface area (Å²) in [5.74, 6) is 1.03. The van der Waals surface area contributed by atoms with Gasteiger partial charge in [0.2, 0.25) is 0 Å². The largest absolute Gasteiger partial charge is 0.325 e. The lowest BCUT2D eigenvalue weighted by Crippen LogP contribution is -2.06. The number of hydrogen-bond donors (Lipinski definition) is 1. The van der Waals surface area contributed by atoms with Crippen molar-refractivity contribution in [3.05, 3.63) is 70.2 Å². The SMILES string of the molecule is NCc1cccc2cnc(Cc3ccc(Br)cc3)n12. The van der Waals surface area contributed by atoms with Gasteiger partial charge in [-0.2, -0.15) is 0 Å². The van der Waals surface area contributed by atoms with E-state index >= 15 is 0 Å². The van der Waals surface area contributed by atoms with Gasteiger partial charge >= 0.3 is 0 Å². The van der Waals surface area contributed by atoms with Crippen LogP contribution in [-0.4, -0.2) is 9.38 Å². The van der Waals surface area contributed by atoms with E-state index in [2.05, 4.69) is 55.6 Å². The topological polar surface area (TPSA) is 43.3 Å². The third-order valence-corrected chi connectivity index (χ3v) is 3.72. The number of hydrogen-bond acceptors (Lipinski definition) is 2. The Kier molecular flexibility index (Phi) is 3.36. The first-order valence-electron chi connectivity index (χ1n) is 6.16. The molecule has 0 spiro atoms. The maximum absolute atomic E-state index is 5.80. The van der Waals surface area contributed by atoms with Crippen LogP contribution in [0.3, 0.4) is 0 Å². The Labute approximate surface area is 120 Å². The third-order valence-electron chi connectivity index (χ3n) is 3.19. The van der Waals surface area contributed by atoms with E-state index in [0.717, 1.165) is 27.9 Å². The second kappa shape index (κ2) is 5.15. The predicted octanol–water partition coefficient (Wildman–Crippen LogP) is 3.15. The van der Waals surface area contributed by atoms with Gasteiger partial charge in [0.15, 0.2) is 0 Å². The van der Waals surface area contributed by atoms with Crippen LogP contribution >= 0.6 is 15.9 Å². The highest BCUT2D eigenvalue weighted by Crippen LogP contribution is 2.16. The average Bonchev–Trinajstić information content (AvgIpc) is 2.85. The van der Waals surface area contributed by atoms with Gasteiger partial charge in [0.1, 0.15) is 5.82 Å². The normalized spacial score (nSPS) is 11.1. The number of pyridine rings is 1. The highest BCUT2D eigenvalue weighted by atomic mass is 79.9. The molecule has 0 aliphatic carbocycles. The Morgan fingerprint density at radius 2 is 1.89 bits per heavy atom. The molecule has 2 aromatic heterocycles. The third kappa shape index (κ3) is 2.41. The molecule has 0 fully saturated rings. The van der Waals surface area contributed by atoms with Crippen LogP contribution in [0.15, 0.2) is 53.1 Å². The molecule has 0 aliphatic rings. The molecule has 0 saturated carbocycles. The molecule has 0 aliphatic heterocycles. The number of halogens is 1. The maximum atomic E-state index is 5.80. The molecule has 0 radical (unpaired) electrons. The molecule has 2 heterocycles. The van der Waals surface area contributed by atoms with E-state index in [1.807, 2.05) is 18.3 Å². The van der Waals surface area contributed by atoms with E-state index in [1.54, 1.807) is 0 Å². The Hall–Kier alpha value is -1.65.